The molecule has 0 unspecified atom stereocenters. The van der Waals surface area contributed by atoms with Gasteiger partial charge in [0.05, 0.1) is 23.5 Å². The van der Waals surface area contributed by atoms with E-state index in [1.54, 1.807) is 36.4 Å². The second kappa shape index (κ2) is 24.8. The van der Waals surface area contributed by atoms with Crippen molar-refractivity contribution < 1.29 is 19.8 Å². The summed E-state index contributed by atoms with van der Waals surface area (Å²) < 4.78 is 0. The molecule has 0 atom stereocenters. The van der Waals surface area contributed by atoms with Crippen molar-refractivity contribution in [3.05, 3.63) is 313 Å². The van der Waals surface area contributed by atoms with E-state index < -0.39 is 26.5 Å². The fourth-order valence-electron chi connectivity index (χ4n) is 8.83. The van der Waals surface area contributed by atoms with Gasteiger partial charge in [-0.15, -0.1) is 0 Å². The summed E-state index contributed by atoms with van der Waals surface area (Å²) in [6, 6.07) is 101. The van der Waals surface area contributed by atoms with Gasteiger partial charge >= 0.3 is 11.9 Å². The second-order valence-corrected chi connectivity index (χ2v) is 24.7. The number of carbonyl (C=O) groups is 2. The Labute approximate surface area is 423 Å². The molecular formula is C64H54O4P2S+2. The van der Waals surface area contributed by atoms with Crippen molar-refractivity contribution >= 4 is 70.1 Å². The Hall–Kier alpha value is -7.65. The van der Waals surface area contributed by atoms with Crippen LogP contribution in [0.25, 0.3) is 0 Å². The number of carboxylic acid groups (broad SMARTS) is 2. The molecule has 71 heavy (non-hydrogen) atoms. The highest BCUT2D eigenvalue weighted by Crippen LogP contribution is 2.59. The fourth-order valence-corrected chi connectivity index (χ4v) is 18.4. The maximum atomic E-state index is 11.1. The predicted octanol–water partition coefficient (Wildman–Crippen LogP) is 13.6. The molecule has 2 N–H and O–H groups in total. The summed E-state index contributed by atoms with van der Waals surface area (Å²) in [5.41, 5.74) is 3.09. The molecule has 0 aliphatic carbocycles. The molecule has 4 nitrogen and oxygen atoms in total. The molecule has 0 radical (unpaired) electrons. The zero-order valence-corrected chi connectivity index (χ0v) is 41.7. The molecule has 0 heterocycles. The van der Waals surface area contributed by atoms with E-state index in [0.717, 1.165) is 24.1 Å². The Balaban J connectivity index is 0.000000145. The van der Waals surface area contributed by atoms with Crippen molar-refractivity contribution in [1.29, 1.82) is 0 Å². The topological polar surface area (TPSA) is 74.6 Å². The third-order valence-electron chi connectivity index (χ3n) is 12.2. The van der Waals surface area contributed by atoms with E-state index in [2.05, 4.69) is 243 Å². The Morgan fingerprint density at radius 3 is 0.704 bits per heavy atom. The number of rotatable bonds is 14. The number of carboxylic acids is 2. The molecular weight excluding hydrogens is 927 g/mol. The average molecular weight is 981 g/mol. The molecule has 0 fully saturated rings. The number of hydrogen-bond donors (Lipinski definition) is 2. The van der Waals surface area contributed by atoms with Crippen LogP contribution < -0.4 is 31.8 Å². The van der Waals surface area contributed by atoms with Crippen molar-refractivity contribution in [2.45, 2.75) is 22.1 Å². The highest BCUT2D eigenvalue weighted by atomic mass is 32.2. The molecule has 0 aliphatic rings. The first-order chi connectivity index (χ1) is 34.9. The lowest BCUT2D eigenvalue weighted by Gasteiger charge is -2.27. The van der Waals surface area contributed by atoms with Gasteiger partial charge in [0, 0.05) is 9.79 Å². The number of benzene rings is 10. The van der Waals surface area contributed by atoms with Crippen molar-refractivity contribution in [1.82, 2.24) is 0 Å². The van der Waals surface area contributed by atoms with Crippen LogP contribution in [0.15, 0.2) is 301 Å². The predicted molar refractivity (Wildman–Crippen MR) is 302 cm³/mol. The van der Waals surface area contributed by atoms with E-state index >= 15 is 0 Å². The van der Waals surface area contributed by atoms with Crippen LogP contribution in [0, 0.1) is 0 Å². The Morgan fingerprint density at radius 1 is 0.282 bits per heavy atom. The normalized spacial score (nSPS) is 10.9. The molecule has 10 aromatic carbocycles. The number of aromatic carboxylic acids is 2. The number of hydrogen-bond acceptors (Lipinski definition) is 3. The largest absolute Gasteiger partial charge is 0.478 e. The first kappa shape index (κ1) is 49.8. The summed E-state index contributed by atoms with van der Waals surface area (Å²) >= 11 is 1.14. The zero-order chi connectivity index (χ0) is 49.1. The minimum atomic E-state index is -1.78. The van der Waals surface area contributed by atoms with Gasteiger partial charge in [-0.25, -0.2) is 9.59 Å². The third-order valence-corrected chi connectivity index (χ3v) is 22.1. The lowest BCUT2D eigenvalue weighted by Crippen LogP contribution is -2.32. The quantitative estimate of drug-likeness (QED) is 0.106. The van der Waals surface area contributed by atoms with E-state index in [1.807, 2.05) is 0 Å². The molecule has 0 saturated carbocycles. The van der Waals surface area contributed by atoms with Gasteiger partial charge < -0.3 is 10.2 Å². The van der Waals surface area contributed by atoms with Crippen LogP contribution in [-0.4, -0.2) is 22.2 Å². The Bertz CT molecular complexity index is 2790. The first-order valence-electron chi connectivity index (χ1n) is 23.4. The van der Waals surface area contributed by atoms with Crippen LogP contribution in [-0.2, 0) is 12.3 Å². The zero-order valence-electron chi connectivity index (χ0n) is 39.1. The minimum Gasteiger partial charge on any atom is -0.478 e. The second-order valence-electron chi connectivity index (χ2n) is 16.6. The minimum absolute atomic E-state index is 0.160. The summed E-state index contributed by atoms with van der Waals surface area (Å²) in [4.78, 5) is 23.2. The molecule has 0 spiro atoms. The van der Waals surface area contributed by atoms with Crippen LogP contribution in [0.3, 0.4) is 0 Å². The van der Waals surface area contributed by atoms with Crippen LogP contribution in [0.1, 0.15) is 31.8 Å². The summed E-state index contributed by atoms with van der Waals surface area (Å²) in [7, 11) is -3.55. The Kier molecular flexibility index (Phi) is 17.4. The molecule has 7 heteroatoms. The third kappa shape index (κ3) is 12.2. The fraction of sp³-hybridized carbons (Fsp3) is 0.0312. The van der Waals surface area contributed by atoms with Gasteiger partial charge in [-0.3, -0.25) is 0 Å². The molecule has 0 bridgehead atoms. The van der Waals surface area contributed by atoms with Crippen LogP contribution in [0.2, 0.25) is 0 Å². The van der Waals surface area contributed by atoms with Gasteiger partial charge in [0.2, 0.25) is 0 Å². The maximum absolute atomic E-state index is 11.1. The average Bonchev–Trinajstić information content (AvgIpc) is 3.44. The molecule has 10 aromatic rings. The smallest absolute Gasteiger partial charge is 0.336 e. The van der Waals surface area contributed by atoms with Gasteiger partial charge in [-0.1, -0.05) is 206 Å². The highest BCUT2D eigenvalue weighted by Gasteiger charge is 2.46. The van der Waals surface area contributed by atoms with Crippen LogP contribution in [0.5, 0.6) is 0 Å². The van der Waals surface area contributed by atoms with Gasteiger partial charge in [0.25, 0.3) is 0 Å². The van der Waals surface area contributed by atoms with Crippen molar-refractivity contribution in [3.8, 4) is 0 Å². The first-order valence-corrected chi connectivity index (χ1v) is 28.1. The lowest BCUT2D eigenvalue weighted by atomic mass is 10.2. The molecule has 0 amide bonds. The Morgan fingerprint density at radius 2 is 0.479 bits per heavy atom. The summed E-state index contributed by atoms with van der Waals surface area (Å²) in [5.74, 6) is -2.06. The summed E-state index contributed by atoms with van der Waals surface area (Å²) in [6.45, 7) is 0. The molecule has 0 saturated heterocycles. The van der Waals surface area contributed by atoms with Gasteiger partial charge in [-0.2, -0.15) is 0 Å². The van der Waals surface area contributed by atoms with Gasteiger partial charge in [-0.05, 0) is 108 Å². The van der Waals surface area contributed by atoms with Crippen molar-refractivity contribution in [2.75, 3.05) is 0 Å². The SMILES string of the molecule is O=C(O)c1ccccc1Sc1ccccc1C(=O)O.c1ccc(C[P+](c2ccccc2)(c2ccccc2)c2ccccc2)cc1.c1ccc(C[P+](c2ccccc2)(c2ccccc2)c2ccccc2)cc1. The van der Waals surface area contributed by atoms with Crippen molar-refractivity contribution in [2.24, 2.45) is 0 Å². The van der Waals surface area contributed by atoms with Gasteiger partial charge in [0.15, 0.2) is 0 Å². The monoisotopic (exact) mass is 980 g/mol. The maximum Gasteiger partial charge on any atom is 0.336 e. The van der Waals surface area contributed by atoms with Crippen LogP contribution in [0.4, 0.5) is 0 Å². The molecule has 0 aromatic heterocycles. The van der Waals surface area contributed by atoms with Crippen molar-refractivity contribution in [3.63, 3.8) is 0 Å². The summed E-state index contributed by atoms with van der Waals surface area (Å²) in [6.07, 6.45) is 2.07. The highest BCUT2D eigenvalue weighted by molar-refractivity contribution is 7.99. The molecule has 10 rings (SSSR count). The van der Waals surface area contributed by atoms with E-state index in [1.165, 1.54) is 55.1 Å². The van der Waals surface area contributed by atoms with Gasteiger partial charge in [0.1, 0.15) is 46.4 Å². The van der Waals surface area contributed by atoms with E-state index in [9.17, 15) is 9.59 Å². The lowest BCUT2D eigenvalue weighted by molar-refractivity contribution is 0.0683. The van der Waals surface area contributed by atoms with E-state index in [-0.39, 0.29) is 11.1 Å². The van der Waals surface area contributed by atoms with E-state index in [4.69, 9.17) is 10.2 Å². The molecule has 348 valence electrons. The molecule has 0 aliphatic heterocycles. The summed E-state index contributed by atoms with van der Waals surface area (Å²) in [5, 5.41) is 26.8. The van der Waals surface area contributed by atoms with E-state index in [0.29, 0.717) is 9.79 Å². The standard InChI is InChI=1S/2C25H22P.C14H10O4S/c2*1-5-13-22(14-6-1)21-26(23-15-7-2-8-16-23,24-17-9-3-10-18-24)25-19-11-4-12-20-25;15-13(16)9-5-1-3-7-11(9)19-12-8-4-2-6-10(12)14(17)18/h2*1-20H,21H2;1-8H,(H,15,16)(H,17,18)/q2*+1;. The van der Waals surface area contributed by atoms with Crippen LogP contribution >= 0.6 is 26.3 Å².